The number of hydrogen-bond donors (Lipinski definition) is 2. The van der Waals surface area contributed by atoms with Gasteiger partial charge in [-0.1, -0.05) is 31.2 Å². The van der Waals surface area contributed by atoms with Gasteiger partial charge in [-0.05, 0) is 31.0 Å². The number of benzene rings is 2. The number of rotatable bonds is 9. The van der Waals surface area contributed by atoms with Crippen molar-refractivity contribution in [3.63, 3.8) is 0 Å². The molecule has 0 aliphatic carbocycles. The van der Waals surface area contributed by atoms with Crippen LogP contribution in [0, 0.1) is 10.1 Å². The second-order valence-electron chi connectivity index (χ2n) is 6.29. The molecule has 2 aromatic rings. The molecule has 2 amide bonds. The second-order valence-corrected chi connectivity index (χ2v) is 7.28. The van der Waals surface area contributed by atoms with Crippen LogP contribution in [0.1, 0.15) is 36.2 Å². The minimum Gasteiger partial charge on any atom is -0.350 e. The minimum absolute atomic E-state index is 0.0405. The molecule has 0 aromatic heterocycles. The number of nitro benzene ring substituents is 1. The van der Waals surface area contributed by atoms with Crippen LogP contribution < -0.4 is 10.6 Å². The number of nitrogens with zero attached hydrogens (tertiary/aromatic N) is 1. The van der Waals surface area contributed by atoms with E-state index in [1.807, 2.05) is 13.8 Å². The highest BCUT2D eigenvalue weighted by Gasteiger charge is 2.14. The molecule has 8 heteroatoms. The monoisotopic (exact) mass is 401 g/mol. The first kappa shape index (κ1) is 21.4. The van der Waals surface area contributed by atoms with Gasteiger partial charge in [0.05, 0.1) is 21.9 Å². The van der Waals surface area contributed by atoms with Crippen molar-refractivity contribution < 1.29 is 14.5 Å². The van der Waals surface area contributed by atoms with Gasteiger partial charge in [0.2, 0.25) is 5.91 Å². The zero-order valence-electron chi connectivity index (χ0n) is 15.8. The number of carbonyl (C=O) groups is 2. The summed E-state index contributed by atoms with van der Waals surface area (Å²) >= 11 is 1.39. The predicted octanol–water partition coefficient (Wildman–Crippen LogP) is 4.00. The van der Waals surface area contributed by atoms with E-state index in [4.69, 9.17) is 0 Å². The molecule has 0 bridgehead atoms. The van der Waals surface area contributed by atoms with Crippen LogP contribution in [0.25, 0.3) is 0 Å². The van der Waals surface area contributed by atoms with Crippen molar-refractivity contribution in [2.75, 3.05) is 11.1 Å². The summed E-state index contributed by atoms with van der Waals surface area (Å²) in [5.74, 6) is 0.333. The summed E-state index contributed by atoms with van der Waals surface area (Å²) in [6.45, 7) is 3.91. The second kappa shape index (κ2) is 10.5. The van der Waals surface area contributed by atoms with Crippen LogP contribution >= 0.6 is 11.8 Å². The number of anilines is 1. The Bertz CT molecular complexity index is 840. The van der Waals surface area contributed by atoms with Crippen LogP contribution in [0.5, 0.6) is 0 Å². The lowest BCUT2D eigenvalue weighted by atomic mass is 10.1. The predicted molar refractivity (Wildman–Crippen MR) is 112 cm³/mol. The molecule has 0 aliphatic heterocycles. The SMILES string of the molecule is CC[C@@H](C)NC(=O)c1ccccc1NC(=O)CSCc1ccc([N+](=O)[O-])cc1. The lowest BCUT2D eigenvalue weighted by Gasteiger charge is -2.14. The van der Waals surface area contributed by atoms with E-state index in [0.29, 0.717) is 17.0 Å². The van der Waals surface area contributed by atoms with Crippen LogP contribution in [0.2, 0.25) is 0 Å². The van der Waals surface area contributed by atoms with Crippen molar-refractivity contribution >= 4 is 35.0 Å². The van der Waals surface area contributed by atoms with E-state index < -0.39 is 4.92 Å². The van der Waals surface area contributed by atoms with Crippen molar-refractivity contribution in [2.45, 2.75) is 32.1 Å². The van der Waals surface area contributed by atoms with Gasteiger partial charge in [-0.3, -0.25) is 19.7 Å². The van der Waals surface area contributed by atoms with Gasteiger partial charge < -0.3 is 10.6 Å². The number of carbonyl (C=O) groups excluding carboxylic acids is 2. The van der Waals surface area contributed by atoms with Gasteiger partial charge in [0.1, 0.15) is 0 Å². The van der Waals surface area contributed by atoms with Gasteiger partial charge in [-0.15, -0.1) is 11.8 Å². The minimum atomic E-state index is -0.445. The topological polar surface area (TPSA) is 101 Å². The number of nitrogens with one attached hydrogen (secondary N) is 2. The molecule has 0 radical (unpaired) electrons. The Morgan fingerprint density at radius 2 is 1.82 bits per heavy atom. The van der Waals surface area contributed by atoms with E-state index in [1.54, 1.807) is 36.4 Å². The van der Waals surface area contributed by atoms with E-state index in [-0.39, 0.29) is 29.3 Å². The highest BCUT2D eigenvalue weighted by atomic mass is 32.2. The summed E-state index contributed by atoms with van der Waals surface area (Å²) in [6, 6.07) is 13.2. The van der Waals surface area contributed by atoms with Gasteiger partial charge in [0.15, 0.2) is 0 Å². The molecule has 0 fully saturated rings. The van der Waals surface area contributed by atoms with Crippen molar-refractivity contribution in [1.82, 2.24) is 5.32 Å². The van der Waals surface area contributed by atoms with Crippen molar-refractivity contribution in [1.29, 1.82) is 0 Å². The van der Waals surface area contributed by atoms with Crippen LogP contribution in [0.15, 0.2) is 48.5 Å². The van der Waals surface area contributed by atoms with Gasteiger partial charge in [-0.25, -0.2) is 0 Å². The van der Waals surface area contributed by atoms with Gasteiger partial charge in [-0.2, -0.15) is 0 Å². The highest BCUT2D eigenvalue weighted by Crippen LogP contribution is 2.19. The Morgan fingerprint density at radius 3 is 2.46 bits per heavy atom. The molecule has 2 rings (SSSR count). The summed E-state index contributed by atoms with van der Waals surface area (Å²) in [5.41, 5.74) is 1.84. The third kappa shape index (κ3) is 6.38. The Kier molecular flexibility index (Phi) is 8.01. The van der Waals surface area contributed by atoms with E-state index in [1.165, 1.54) is 23.9 Å². The number of non-ortho nitro benzene ring substituents is 1. The number of amides is 2. The third-order valence-corrected chi connectivity index (χ3v) is 5.09. The van der Waals surface area contributed by atoms with E-state index >= 15 is 0 Å². The molecule has 0 saturated carbocycles. The smallest absolute Gasteiger partial charge is 0.269 e. The molecule has 2 N–H and O–H groups in total. The highest BCUT2D eigenvalue weighted by molar-refractivity contribution is 7.99. The maximum absolute atomic E-state index is 12.4. The van der Waals surface area contributed by atoms with E-state index in [2.05, 4.69) is 10.6 Å². The van der Waals surface area contributed by atoms with Crippen LogP contribution in [-0.4, -0.2) is 28.5 Å². The Morgan fingerprint density at radius 1 is 1.14 bits per heavy atom. The van der Waals surface area contributed by atoms with E-state index in [9.17, 15) is 19.7 Å². The maximum atomic E-state index is 12.4. The van der Waals surface area contributed by atoms with E-state index in [0.717, 1.165) is 12.0 Å². The average Bonchev–Trinajstić information content (AvgIpc) is 2.68. The quantitative estimate of drug-likeness (QED) is 0.489. The molecule has 2 aromatic carbocycles. The molecule has 0 aliphatic rings. The Balaban J connectivity index is 1.89. The number of nitro groups is 1. The fourth-order valence-electron chi connectivity index (χ4n) is 2.36. The lowest BCUT2D eigenvalue weighted by molar-refractivity contribution is -0.384. The molecule has 28 heavy (non-hydrogen) atoms. The summed E-state index contributed by atoms with van der Waals surface area (Å²) in [5, 5.41) is 16.3. The number of hydrogen-bond acceptors (Lipinski definition) is 5. The summed E-state index contributed by atoms with van der Waals surface area (Å²) in [7, 11) is 0. The van der Waals surface area contributed by atoms with Crippen molar-refractivity contribution in [2.24, 2.45) is 0 Å². The maximum Gasteiger partial charge on any atom is 0.269 e. The zero-order valence-corrected chi connectivity index (χ0v) is 16.6. The standard InChI is InChI=1S/C20H23N3O4S/c1-3-14(2)21-20(25)17-6-4-5-7-18(17)22-19(24)13-28-12-15-8-10-16(11-9-15)23(26)27/h4-11,14H,3,12-13H2,1-2H3,(H,21,25)(H,22,24)/t14-/m1/s1. The van der Waals surface area contributed by atoms with Crippen LogP contribution in [0.3, 0.4) is 0 Å². The molecule has 1 atom stereocenters. The first-order valence-electron chi connectivity index (χ1n) is 8.91. The molecule has 0 unspecified atom stereocenters. The van der Waals surface area contributed by atoms with Crippen molar-refractivity contribution in [3.05, 3.63) is 69.8 Å². The molecule has 0 spiro atoms. The van der Waals surface area contributed by atoms with Crippen LogP contribution in [0.4, 0.5) is 11.4 Å². The fourth-order valence-corrected chi connectivity index (χ4v) is 3.14. The normalized spacial score (nSPS) is 11.5. The number of thioether (sulfide) groups is 1. The fraction of sp³-hybridized carbons (Fsp3) is 0.300. The molecule has 148 valence electrons. The zero-order chi connectivity index (χ0) is 20.5. The summed E-state index contributed by atoms with van der Waals surface area (Å²) in [6.07, 6.45) is 0.819. The molecule has 0 heterocycles. The van der Waals surface area contributed by atoms with Gasteiger partial charge in [0, 0.05) is 23.9 Å². The molecule has 0 saturated heterocycles. The molecular weight excluding hydrogens is 378 g/mol. The van der Waals surface area contributed by atoms with Gasteiger partial charge >= 0.3 is 0 Å². The Labute approximate surface area is 168 Å². The molecular formula is C20H23N3O4S. The van der Waals surface area contributed by atoms with Crippen LogP contribution in [-0.2, 0) is 10.5 Å². The summed E-state index contributed by atoms with van der Waals surface area (Å²) in [4.78, 5) is 34.8. The average molecular weight is 401 g/mol. The largest absolute Gasteiger partial charge is 0.350 e. The number of para-hydroxylation sites is 1. The first-order valence-corrected chi connectivity index (χ1v) is 10.1. The summed E-state index contributed by atoms with van der Waals surface area (Å²) < 4.78 is 0. The lowest BCUT2D eigenvalue weighted by Crippen LogP contribution is -2.32. The Hall–Kier alpha value is -2.87. The first-order chi connectivity index (χ1) is 13.4. The molecule has 7 nitrogen and oxygen atoms in total. The van der Waals surface area contributed by atoms with Crippen molar-refractivity contribution in [3.8, 4) is 0 Å². The van der Waals surface area contributed by atoms with Gasteiger partial charge in [0.25, 0.3) is 11.6 Å². The third-order valence-electron chi connectivity index (χ3n) is 4.08.